The molecule has 0 aromatic carbocycles. The molecule has 1 aliphatic heterocycles. The number of ether oxygens (including phenoxy) is 2. The van der Waals surface area contributed by atoms with Crippen LogP contribution >= 0.6 is 0 Å². The summed E-state index contributed by atoms with van der Waals surface area (Å²) in [5, 5.41) is 2.83. The van der Waals surface area contributed by atoms with Crippen LogP contribution in [0.4, 0.5) is 4.79 Å². The van der Waals surface area contributed by atoms with Gasteiger partial charge in [0.05, 0.1) is 17.9 Å². The highest BCUT2D eigenvalue weighted by molar-refractivity contribution is 7.85. The largest absolute Gasteiger partial charge is 0.444 e. The number of rotatable bonds is 6. The first-order valence-electron chi connectivity index (χ1n) is 7.70. The van der Waals surface area contributed by atoms with Crippen LogP contribution in [-0.2, 0) is 19.6 Å². The molecule has 0 aromatic rings. The molecule has 0 spiro atoms. The lowest BCUT2D eigenvalue weighted by atomic mass is 10.0. The van der Waals surface area contributed by atoms with Crippen molar-refractivity contribution in [2.24, 2.45) is 0 Å². The van der Waals surface area contributed by atoms with Crippen LogP contribution in [0.2, 0.25) is 0 Å². The minimum atomic E-state index is -3.92. The van der Waals surface area contributed by atoms with Gasteiger partial charge in [0.15, 0.2) is 0 Å². The number of hydrogen-bond acceptors (Lipinski definition) is 6. The molecular formula is C14H28N2O6S. The Bertz CT molecular complexity index is 488. The van der Waals surface area contributed by atoms with E-state index in [9.17, 15) is 13.2 Å². The third-order valence-corrected chi connectivity index (χ3v) is 4.33. The zero-order valence-electron chi connectivity index (χ0n) is 14.2. The van der Waals surface area contributed by atoms with E-state index in [0.29, 0.717) is 32.5 Å². The minimum absolute atomic E-state index is 0.146. The highest BCUT2D eigenvalue weighted by Crippen LogP contribution is 2.15. The van der Waals surface area contributed by atoms with Gasteiger partial charge < -0.3 is 19.7 Å². The van der Waals surface area contributed by atoms with Crippen LogP contribution in [-0.4, -0.2) is 74.2 Å². The van der Waals surface area contributed by atoms with Gasteiger partial charge in [-0.05, 0) is 40.2 Å². The molecule has 2 atom stereocenters. The fraction of sp³-hybridized carbons (Fsp3) is 0.929. The van der Waals surface area contributed by atoms with Gasteiger partial charge in [0.25, 0.3) is 10.1 Å². The first-order valence-corrected chi connectivity index (χ1v) is 9.31. The molecule has 1 saturated heterocycles. The summed E-state index contributed by atoms with van der Waals surface area (Å²) in [4.78, 5) is 13.9. The van der Waals surface area contributed by atoms with E-state index < -0.39 is 21.8 Å². The van der Waals surface area contributed by atoms with Crippen molar-refractivity contribution in [2.45, 2.75) is 51.4 Å². The lowest BCUT2D eigenvalue weighted by Crippen LogP contribution is -2.55. The van der Waals surface area contributed by atoms with Crippen molar-refractivity contribution in [1.82, 2.24) is 10.2 Å². The molecule has 1 aliphatic rings. The second-order valence-corrected chi connectivity index (χ2v) is 8.33. The minimum Gasteiger partial charge on any atom is -0.444 e. The maximum Gasteiger partial charge on any atom is 0.407 e. The third kappa shape index (κ3) is 8.50. The molecule has 1 fully saturated rings. The van der Waals surface area contributed by atoms with Crippen molar-refractivity contribution in [2.75, 3.05) is 32.5 Å². The standard InChI is InChI=1S/C14H28N2O6S/c1-14(2,3)22-13(17)15-11-6-8-16(10-12(11)21-4)7-5-9-23(18,19)20/h11-12H,5-10H2,1-4H3,(H,15,17)(H,18,19,20)/t11-,12+/m1/s1. The quantitative estimate of drug-likeness (QED) is 0.684. The van der Waals surface area contributed by atoms with E-state index in [0.717, 1.165) is 0 Å². The molecule has 136 valence electrons. The molecule has 0 aliphatic carbocycles. The van der Waals surface area contributed by atoms with Gasteiger partial charge >= 0.3 is 6.09 Å². The van der Waals surface area contributed by atoms with Crippen LogP contribution < -0.4 is 5.32 Å². The molecular weight excluding hydrogens is 324 g/mol. The van der Waals surface area contributed by atoms with Crippen molar-refractivity contribution in [3.63, 3.8) is 0 Å². The molecule has 2 N–H and O–H groups in total. The highest BCUT2D eigenvalue weighted by Gasteiger charge is 2.31. The molecule has 1 rings (SSSR count). The highest BCUT2D eigenvalue weighted by atomic mass is 32.2. The summed E-state index contributed by atoms with van der Waals surface area (Å²) in [5.74, 6) is -0.249. The van der Waals surface area contributed by atoms with Crippen LogP contribution in [0.1, 0.15) is 33.6 Å². The Balaban J connectivity index is 2.44. The monoisotopic (exact) mass is 352 g/mol. The van der Waals surface area contributed by atoms with E-state index in [1.54, 1.807) is 27.9 Å². The fourth-order valence-corrected chi connectivity index (χ4v) is 3.01. The summed E-state index contributed by atoms with van der Waals surface area (Å²) < 4.78 is 40.9. The zero-order valence-corrected chi connectivity index (χ0v) is 15.1. The Morgan fingerprint density at radius 2 is 2.04 bits per heavy atom. The van der Waals surface area contributed by atoms with Gasteiger partial charge in [-0.3, -0.25) is 4.55 Å². The van der Waals surface area contributed by atoms with Crippen molar-refractivity contribution in [3.8, 4) is 0 Å². The number of piperidine rings is 1. The first kappa shape index (κ1) is 20.1. The summed E-state index contributed by atoms with van der Waals surface area (Å²) in [7, 11) is -2.34. The van der Waals surface area contributed by atoms with E-state index in [2.05, 4.69) is 10.2 Å². The van der Waals surface area contributed by atoms with Crippen molar-refractivity contribution in [3.05, 3.63) is 0 Å². The average molecular weight is 352 g/mol. The number of nitrogens with zero attached hydrogens (tertiary/aromatic N) is 1. The van der Waals surface area contributed by atoms with Crippen LogP contribution in [0.5, 0.6) is 0 Å². The number of nitrogens with one attached hydrogen (secondary N) is 1. The number of carbonyl (C=O) groups is 1. The second-order valence-electron chi connectivity index (χ2n) is 6.76. The van der Waals surface area contributed by atoms with Gasteiger partial charge in [0.1, 0.15) is 5.60 Å². The van der Waals surface area contributed by atoms with Crippen LogP contribution in [0.25, 0.3) is 0 Å². The number of hydrogen-bond donors (Lipinski definition) is 2. The van der Waals surface area contributed by atoms with Gasteiger partial charge in [0.2, 0.25) is 0 Å². The van der Waals surface area contributed by atoms with Crippen molar-refractivity contribution < 1.29 is 27.2 Å². The lowest BCUT2D eigenvalue weighted by molar-refractivity contribution is -0.00229. The Kier molecular flexibility index (Phi) is 7.25. The lowest BCUT2D eigenvalue weighted by Gasteiger charge is -2.38. The Hall–Kier alpha value is -0.900. The molecule has 0 saturated carbocycles. The predicted octanol–water partition coefficient (Wildman–Crippen LogP) is 0.878. The summed E-state index contributed by atoms with van der Waals surface area (Å²) in [5.41, 5.74) is -0.552. The molecule has 0 aromatic heterocycles. The molecule has 9 heteroatoms. The van der Waals surface area contributed by atoms with Gasteiger partial charge in [-0.15, -0.1) is 0 Å². The topological polar surface area (TPSA) is 105 Å². The number of amides is 1. The van der Waals surface area contributed by atoms with Crippen LogP contribution in [0.3, 0.4) is 0 Å². The number of likely N-dealkylation sites (tertiary alicyclic amines) is 1. The molecule has 23 heavy (non-hydrogen) atoms. The van der Waals surface area contributed by atoms with Gasteiger partial charge in [0, 0.05) is 20.2 Å². The van der Waals surface area contributed by atoms with E-state index in [-0.39, 0.29) is 17.9 Å². The van der Waals surface area contributed by atoms with E-state index in [4.69, 9.17) is 14.0 Å². The van der Waals surface area contributed by atoms with Gasteiger partial charge in [-0.2, -0.15) is 8.42 Å². The number of carbonyl (C=O) groups excluding carboxylic acids is 1. The number of alkyl carbamates (subject to hydrolysis) is 1. The normalized spacial score (nSPS) is 23.5. The van der Waals surface area contributed by atoms with Crippen molar-refractivity contribution in [1.29, 1.82) is 0 Å². The maximum atomic E-state index is 11.9. The predicted molar refractivity (Wildman–Crippen MR) is 86.0 cm³/mol. The molecule has 0 bridgehead atoms. The SMILES string of the molecule is CO[C@H]1CN(CCCS(=O)(=O)O)CC[C@H]1NC(=O)OC(C)(C)C. The molecule has 0 unspecified atom stereocenters. The van der Waals surface area contributed by atoms with E-state index in [1.165, 1.54) is 0 Å². The molecule has 1 heterocycles. The second kappa shape index (κ2) is 8.27. The Morgan fingerprint density at radius 3 is 2.57 bits per heavy atom. The molecule has 8 nitrogen and oxygen atoms in total. The van der Waals surface area contributed by atoms with Gasteiger partial charge in [-0.1, -0.05) is 0 Å². The number of methoxy groups -OCH3 is 1. The fourth-order valence-electron chi connectivity index (χ4n) is 2.52. The maximum absolute atomic E-state index is 11.9. The average Bonchev–Trinajstić information content (AvgIpc) is 2.36. The Labute approximate surface area is 138 Å². The van der Waals surface area contributed by atoms with E-state index in [1.807, 2.05) is 0 Å². The van der Waals surface area contributed by atoms with Gasteiger partial charge in [-0.25, -0.2) is 4.79 Å². The Morgan fingerprint density at radius 1 is 1.39 bits per heavy atom. The first-order chi connectivity index (χ1) is 10.5. The summed E-state index contributed by atoms with van der Waals surface area (Å²) in [6.07, 6.45) is 0.384. The van der Waals surface area contributed by atoms with Crippen LogP contribution in [0, 0.1) is 0 Å². The van der Waals surface area contributed by atoms with Crippen molar-refractivity contribution >= 4 is 16.2 Å². The summed E-state index contributed by atoms with van der Waals surface area (Å²) in [6.45, 7) is 7.27. The third-order valence-electron chi connectivity index (χ3n) is 3.52. The van der Waals surface area contributed by atoms with E-state index >= 15 is 0 Å². The summed E-state index contributed by atoms with van der Waals surface area (Å²) >= 11 is 0. The summed E-state index contributed by atoms with van der Waals surface area (Å²) in [6, 6.07) is -0.146. The zero-order chi connectivity index (χ0) is 17.7. The van der Waals surface area contributed by atoms with Crippen LogP contribution in [0.15, 0.2) is 0 Å². The smallest absolute Gasteiger partial charge is 0.407 e. The molecule has 1 amide bonds. The molecule has 0 radical (unpaired) electrons.